The number of nitrogens with zero attached hydrogens (tertiary/aromatic N) is 1. The van der Waals surface area contributed by atoms with Gasteiger partial charge >= 0.3 is 6.09 Å². The number of benzene rings is 1. The van der Waals surface area contributed by atoms with Crippen molar-refractivity contribution in [2.45, 2.75) is 26.4 Å². The van der Waals surface area contributed by atoms with Crippen LogP contribution in [0, 0.1) is 5.82 Å². The number of aromatic nitrogens is 1. The van der Waals surface area contributed by atoms with Crippen molar-refractivity contribution in [1.82, 2.24) is 4.98 Å². The van der Waals surface area contributed by atoms with E-state index in [9.17, 15) is 14.0 Å². The Morgan fingerprint density at radius 2 is 2.04 bits per heavy atom. The van der Waals surface area contributed by atoms with Crippen LogP contribution in [0.5, 0.6) is 5.75 Å². The van der Waals surface area contributed by atoms with Gasteiger partial charge in [-0.2, -0.15) is 0 Å². The lowest BCUT2D eigenvalue weighted by Gasteiger charge is -2.20. The molecule has 1 amide bonds. The fourth-order valence-corrected chi connectivity index (χ4v) is 2.29. The van der Waals surface area contributed by atoms with Crippen LogP contribution in [0.15, 0.2) is 30.5 Å². The average Bonchev–Trinajstić information content (AvgIpc) is 2.58. The number of rotatable bonds is 6. The second-order valence-electron chi connectivity index (χ2n) is 6.53. The van der Waals surface area contributed by atoms with E-state index in [2.05, 4.69) is 10.3 Å². The minimum atomic E-state index is -0.743. The number of ether oxygens (including phenoxy) is 3. The maximum atomic E-state index is 14.5. The van der Waals surface area contributed by atoms with Gasteiger partial charge in [-0.3, -0.25) is 15.1 Å². The summed E-state index contributed by atoms with van der Waals surface area (Å²) in [5.41, 5.74) is -0.554. The van der Waals surface area contributed by atoms with Crippen LogP contribution >= 0.6 is 0 Å². The molecule has 0 saturated carbocycles. The molecule has 0 aliphatic heterocycles. The minimum Gasteiger partial charge on any atom is -0.467 e. The van der Waals surface area contributed by atoms with E-state index < -0.39 is 17.5 Å². The predicted molar refractivity (Wildman–Crippen MR) is 97.4 cm³/mol. The molecule has 0 spiro atoms. The monoisotopic (exact) mass is 376 g/mol. The molecule has 144 valence electrons. The number of nitrogens with one attached hydrogen (secondary N) is 1. The molecule has 0 fully saturated rings. The zero-order chi connectivity index (χ0) is 20.0. The number of hydrogen-bond donors (Lipinski definition) is 1. The van der Waals surface area contributed by atoms with Crippen LogP contribution in [0.3, 0.4) is 0 Å². The molecule has 0 aliphatic carbocycles. The Labute approximate surface area is 156 Å². The molecule has 0 aliphatic rings. The molecule has 0 radical (unpaired) electrons. The number of pyridine rings is 1. The summed E-state index contributed by atoms with van der Waals surface area (Å²) in [6.07, 6.45) is 1.09. The number of amides is 1. The summed E-state index contributed by atoms with van der Waals surface area (Å²) in [6, 6.07) is 5.64. The third-order valence-electron chi connectivity index (χ3n) is 3.29. The summed E-state index contributed by atoms with van der Waals surface area (Å²) in [5, 5.41) is 2.49. The Morgan fingerprint density at radius 3 is 2.67 bits per heavy atom. The van der Waals surface area contributed by atoms with Gasteiger partial charge in [0.2, 0.25) is 0 Å². The lowest BCUT2D eigenvalue weighted by molar-refractivity contribution is 0.0513. The first-order valence-corrected chi connectivity index (χ1v) is 8.11. The lowest BCUT2D eigenvalue weighted by Crippen LogP contribution is -2.27. The van der Waals surface area contributed by atoms with Crippen LogP contribution in [0.1, 0.15) is 31.1 Å². The number of anilines is 1. The summed E-state index contributed by atoms with van der Waals surface area (Å²) >= 11 is 0. The standard InChI is InChI=1S/C19H21FN2O5/c1-19(2,3)27-18(24)22-14-8-9-21-17(12(14)10-23)16-13(20)6-5-7-15(16)26-11-25-4/h5-10H,11H2,1-4H3,(H,21,22,24). The van der Waals surface area contributed by atoms with Crippen molar-refractivity contribution in [1.29, 1.82) is 0 Å². The Hall–Kier alpha value is -3.00. The second kappa shape index (κ2) is 8.59. The van der Waals surface area contributed by atoms with Crippen LogP contribution in [0.4, 0.5) is 14.9 Å². The molecular weight excluding hydrogens is 355 g/mol. The van der Waals surface area contributed by atoms with E-state index >= 15 is 0 Å². The van der Waals surface area contributed by atoms with Crippen molar-refractivity contribution < 1.29 is 28.2 Å². The fraction of sp³-hybridized carbons (Fsp3) is 0.316. The molecule has 0 bridgehead atoms. The number of methoxy groups -OCH3 is 1. The first-order valence-electron chi connectivity index (χ1n) is 8.11. The number of carbonyl (C=O) groups excluding carboxylic acids is 2. The fourth-order valence-electron chi connectivity index (χ4n) is 2.29. The SMILES string of the molecule is COCOc1cccc(F)c1-c1nccc(NC(=O)OC(C)(C)C)c1C=O. The number of aldehydes is 1. The van der Waals surface area contributed by atoms with Gasteiger partial charge in [-0.25, -0.2) is 9.18 Å². The third kappa shape index (κ3) is 5.24. The van der Waals surface area contributed by atoms with Crippen LogP contribution in [-0.2, 0) is 9.47 Å². The lowest BCUT2D eigenvalue weighted by atomic mass is 10.0. The van der Waals surface area contributed by atoms with Crippen molar-refractivity contribution in [2.24, 2.45) is 0 Å². The molecular formula is C19H21FN2O5. The van der Waals surface area contributed by atoms with Crippen molar-refractivity contribution in [3.63, 3.8) is 0 Å². The number of carbonyl (C=O) groups is 2. The van der Waals surface area contributed by atoms with Crippen LogP contribution in [-0.4, -0.2) is 36.9 Å². The first-order chi connectivity index (χ1) is 12.8. The normalized spacial score (nSPS) is 11.0. The van der Waals surface area contributed by atoms with E-state index in [0.717, 1.165) is 0 Å². The number of hydrogen-bond acceptors (Lipinski definition) is 6. The minimum absolute atomic E-state index is 0.00396. The van der Waals surface area contributed by atoms with Gasteiger partial charge in [-0.15, -0.1) is 0 Å². The van der Waals surface area contributed by atoms with Gasteiger partial charge < -0.3 is 14.2 Å². The molecule has 1 N–H and O–H groups in total. The van der Waals surface area contributed by atoms with Crippen LogP contribution < -0.4 is 10.1 Å². The zero-order valence-corrected chi connectivity index (χ0v) is 15.5. The highest BCUT2D eigenvalue weighted by molar-refractivity contribution is 5.98. The summed E-state index contributed by atoms with van der Waals surface area (Å²) in [4.78, 5) is 27.8. The van der Waals surface area contributed by atoms with Crippen molar-refractivity contribution >= 4 is 18.1 Å². The maximum absolute atomic E-state index is 14.5. The molecule has 7 nitrogen and oxygen atoms in total. The Kier molecular flexibility index (Phi) is 6.46. The smallest absolute Gasteiger partial charge is 0.412 e. The molecule has 0 saturated heterocycles. The first kappa shape index (κ1) is 20.3. The summed E-state index contributed by atoms with van der Waals surface area (Å²) < 4.78 is 29.9. The maximum Gasteiger partial charge on any atom is 0.412 e. The van der Waals surface area contributed by atoms with E-state index in [1.54, 1.807) is 20.8 Å². The van der Waals surface area contributed by atoms with Crippen LogP contribution in [0.25, 0.3) is 11.3 Å². The topological polar surface area (TPSA) is 86.8 Å². The summed E-state index contributed by atoms with van der Waals surface area (Å²) in [7, 11) is 1.43. The van der Waals surface area contributed by atoms with E-state index in [-0.39, 0.29) is 35.1 Å². The highest BCUT2D eigenvalue weighted by Gasteiger charge is 2.22. The number of halogens is 1. The van der Waals surface area contributed by atoms with Gasteiger partial charge in [0.15, 0.2) is 13.1 Å². The molecule has 0 unspecified atom stereocenters. The van der Waals surface area contributed by atoms with Crippen molar-refractivity contribution in [2.75, 3.05) is 19.2 Å². The van der Waals surface area contributed by atoms with Gasteiger partial charge in [-0.1, -0.05) is 6.07 Å². The quantitative estimate of drug-likeness (QED) is 0.605. The molecule has 2 aromatic rings. The molecule has 1 aromatic heterocycles. The van der Waals surface area contributed by atoms with E-state index in [4.69, 9.17) is 14.2 Å². The van der Waals surface area contributed by atoms with Gasteiger partial charge in [0, 0.05) is 13.3 Å². The second-order valence-corrected chi connectivity index (χ2v) is 6.53. The van der Waals surface area contributed by atoms with Gasteiger partial charge in [0.1, 0.15) is 17.2 Å². The van der Waals surface area contributed by atoms with Crippen LogP contribution in [0.2, 0.25) is 0 Å². The average molecular weight is 376 g/mol. The molecule has 1 aromatic carbocycles. The highest BCUT2D eigenvalue weighted by Crippen LogP contribution is 2.35. The molecule has 2 rings (SSSR count). The summed E-state index contributed by atoms with van der Waals surface area (Å²) in [6.45, 7) is 5.03. The molecule has 0 atom stereocenters. The molecule has 27 heavy (non-hydrogen) atoms. The predicted octanol–water partition coefficient (Wildman–Crippen LogP) is 4.03. The Morgan fingerprint density at radius 1 is 1.30 bits per heavy atom. The Balaban J connectivity index is 2.48. The zero-order valence-electron chi connectivity index (χ0n) is 15.5. The van der Waals surface area contributed by atoms with Gasteiger partial charge in [0.05, 0.1) is 22.5 Å². The van der Waals surface area contributed by atoms with E-state index in [0.29, 0.717) is 6.29 Å². The third-order valence-corrected chi connectivity index (χ3v) is 3.29. The molecule has 1 heterocycles. The van der Waals surface area contributed by atoms with Gasteiger partial charge in [-0.05, 0) is 39.0 Å². The molecule has 8 heteroatoms. The van der Waals surface area contributed by atoms with Crippen molar-refractivity contribution in [3.8, 4) is 17.0 Å². The summed E-state index contributed by atoms with van der Waals surface area (Å²) in [5.74, 6) is -0.476. The van der Waals surface area contributed by atoms with E-state index in [1.807, 2.05) is 0 Å². The van der Waals surface area contributed by atoms with E-state index in [1.165, 1.54) is 37.6 Å². The largest absolute Gasteiger partial charge is 0.467 e. The Bertz CT molecular complexity index is 833. The van der Waals surface area contributed by atoms with Crippen molar-refractivity contribution in [3.05, 3.63) is 41.8 Å². The van der Waals surface area contributed by atoms with Gasteiger partial charge in [0.25, 0.3) is 0 Å². The highest BCUT2D eigenvalue weighted by atomic mass is 19.1.